The van der Waals surface area contributed by atoms with Gasteiger partial charge in [-0.05, 0) is 23.8 Å². The van der Waals surface area contributed by atoms with Crippen LogP contribution in [0.25, 0.3) is 0 Å². The number of rotatable bonds is 5. The third kappa shape index (κ3) is 2.61. The van der Waals surface area contributed by atoms with E-state index in [0.29, 0.717) is 18.8 Å². The number of benzene rings is 1. The Balaban J connectivity index is 1.56. The van der Waals surface area contributed by atoms with Crippen LogP contribution < -0.4 is 14.8 Å². The van der Waals surface area contributed by atoms with E-state index >= 15 is 0 Å². The van der Waals surface area contributed by atoms with Crippen molar-refractivity contribution in [2.45, 2.75) is 12.6 Å². The van der Waals surface area contributed by atoms with E-state index in [2.05, 4.69) is 10.4 Å². The quantitative estimate of drug-likeness (QED) is 0.851. The molecule has 0 saturated carbocycles. The number of hydrogen-bond acceptors (Lipinski definition) is 5. The first-order chi connectivity index (χ1) is 9.74. The summed E-state index contributed by atoms with van der Waals surface area (Å²) in [5, 5.41) is 17.5. The molecule has 1 aliphatic rings. The molecule has 6 nitrogen and oxygen atoms in total. The van der Waals surface area contributed by atoms with Crippen molar-refractivity contribution in [3.8, 4) is 11.5 Å². The molecule has 0 radical (unpaired) electrons. The molecule has 0 amide bonds. The van der Waals surface area contributed by atoms with E-state index in [4.69, 9.17) is 9.47 Å². The second kappa shape index (κ2) is 5.52. The first-order valence-electron chi connectivity index (χ1n) is 6.49. The van der Waals surface area contributed by atoms with Crippen molar-refractivity contribution < 1.29 is 14.6 Å². The van der Waals surface area contributed by atoms with Crippen LogP contribution in [0.4, 0.5) is 0 Å². The maximum Gasteiger partial charge on any atom is 0.231 e. The van der Waals surface area contributed by atoms with Crippen molar-refractivity contribution in [2.75, 3.05) is 13.3 Å². The third-order valence-electron chi connectivity index (χ3n) is 3.35. The first-order valence-corrected chi connectivity index (χ1v) is 6.49. The largest absolute Gasteiger partial charge is 0.454 e. The Kier molecular flexibility index (Phi) is 3.58. The molecular formula is C14H17N3O3. The summed E-state index contributed by atoms with van der Waals surface area (Å²) in [5.41, 5.74) is 1.88. The Bertz CT molecular complexity index is 597. The van der Waals surface area contributed by atoms with Gasteiger partial charge in [-0.2, -0.15) is 5.10 Å². The van der Waals surface area contributed by atoms with Gasteiger partial charge in [0, 0.05) is 26.3 Å². The second-order valence-electron chi connectivity index (χ2n) is 4.71. The summed E-state index contributed by atoms with van der Waals surface area (Å²) >= 11 is 0. The Morgan fingerprint density at radius 2 is 2.20 bits per heavy atom. The highest BCUT2D eigenvalue weighted by molar-refractivity contribution is 5.45. The minimum atomic E-state index is -0.585. The number of aliphatic hydroxyl groups excluding tert-OH is 1. The van der Waals surface area contributed by atoms with Crippen molar-refractivity contribution in [3.05, 3.63) is 41.7 Å². The standard InChI is InChI=1S/C14H17N3O3/c1-17-11(4-5-16-17)7-15-8-12(18)10-2-3-13-14(6-10)20-9-19-13/h2-6,12,15,18H,7-9H2,1H3. The van der Waals surface area contributed by atoms with E-state index in [-0.39, 0.29) is 6.79 Å². The van der Waals surface area contributed by atoms with Crippen LogP contribution in [0.2, 0.25) is 0 Å². The van der Waals surface area contributed by atoms with E-state index < -0.39 is 6.10 Å². The number of fused-ring (bicyclic) bond motifs is 1. The van der Waals surface area contributed by atoms with E-state index in [1.807, 2.05) is 31.3 Å². The summed E-state index contributed by atoms with van der Waals surface area (Å²) in [6, 6.07) is 7.44. The van der Waals surface area contributed by atoms with Crippen LogP contribution >= 0.6 is 0 Å². The fourth-order valence-corrected chi connectivity index (χ4v) is 2.15. The van der Waals surface area contributed by atoms with Gasteiger partial charge in [0.2, 0.25) is 6.79 Å². The van der Waals surface area contributed by atoms with Crippen molar-refractivity contribution in [1.82, 2.24) is 15.1 Å². The minimum Gasteiger partial charge on any atom is -0.454 e. The number of hydrogen-bond donors (Lipinski definition) is 2. The maximum absolute atomic E-state index is 10.2. The zero-order valence-corrected chi connectivity index (χ0v) is 11.2. The number of aryl methyl sites for hydroxylation is 1. The Labute approximate surface area is 116 Å². The Morgan fingerprint density at radius 3 is 3.00 bits per heavy atom. The molecule has 106 valence electrons. The SMILES string of the molecule is Cn1nccc1CNCC(O)c1ccc2c(c1)OCO2. The van der Waals surface area contributed by atoms with Gasteiger partial charge < -0.3 is 19.9 Å². The highest BCUT2D eigenvalue weighted by Crippen LogP contribution is 2.34. The molecule has 6 heteroatoms. The van der Waals surface area contributed by atoms with Crippen LogP contribution in [0.3, 0.4) is 0 Å². The summed E-state index contributed by atoms with van der Waals surface area (Å²) < 4.78 is 12.4. The van der Waals surface area contributed by atoms with Crippen molar-refractivity contribution in [2.24, 2.45) is 7.05 Å². The summed E-state index contributed by atoms with van der Waals surface area (Å²) in [7, 11) is 1.89. The Hall–Kier alpha value is -2.05. The average molecular weight is 275 g/mol. The molecule has 0 spiro atoms. The monoisotopic (exact) mass is 275 g/mol. The van der Waals surface area contributed by atoms with Gasteiger partial charge >= 0.3 is 0 Å². The van der Waals surface area contributed by atoms with Gasteiger partial charge in [-0.1, -0.05) is 6.07 Å². The predicted octanol–water partition coefficient (Wildman–Crippen LogP) is 0.972. The lowest BCUT2D eigenvalue weighted by Crippen LogP contribution is -2.22. The predicted molar refractivity (Wildman–Crippen MR) is 72.4 cm³/mol. The van der Waals surface area contributed by atoms with Crippen LogP contribution in [-0.4, -0.2) is 28.2 Å². The lowest BCUT2D eigenvalue weighted by atomic mass is 10.1. The van der Waals surface area contributed by atoms with Crippen LogP contribution in [0, 0.1) is 0 Å². The summed E-state index contributed by atoms with van der Waals surface area (Å²) in [4.78, 5) is 0. The smallest absolute Gasteiger partial charge is 0.231 e. The molecular weight excluding hydrogens is 258 g/mol. The second-order valence-corrected chi connectivity index (χ2v) is 4.71. The molecule has 0 fully saturated rings. The maximum atomic E-state index is 10.2. The van der Waals surface area contributed by atoms with Crippen molar-refractivity contribution >= 4 is 0 Å². The molecule has 1 unspecified atom stereocenters. The van der Waals surface area contributed by atoms with Crippen LogP contribution in [0.1, 0.15) is 17.4 Å². The minimum absolute atomic E-state index is 0.244. The topological polar surface area (TPSA) is 68.5 Å². The van der Waals surface area contributed by atoms with Gasteiger partial charge in [0.15, 0.2) is 11.5 Å². The molecule has 1 aromatic carbocycles. The van der Waals surface area contributed by atoms with Crippen molar-refractivity contribution in [1.29, 1.82) is 0 Å². The highest BCUT2D eigenvalue weighted by Gasteiger charge is 2.16. The van der Waals surface area contributed by atoms with E-state index in [0.717, 1.165) is 17.0 Å². The highest BCUT2D eigenvalue weighted by atomic mass is 16.7. The summed E-state index contributed by atoms with van der Waals surface area (Å²) in [6.45, 7) is 1.37. The molecule has 2 aromatic rings. The normalized spacial score (nSPS) is 14.5. The average Bonchev–Trinajstić information content (AvgIpc) is 3.07. The molecule has 1 aliphatic heterocycles. The fourth-order valence-electron chi connectivity index (χ4n) is 2.15. The third-order valence-corrected chi connectivity index (χ3v) is 3.35. The van der Waals surface area contributed by atoms with Crippen molar-refractivity contribution in [3.63, 3.8) is 0 Å². The molecule has 1 atom stereocenters. The number of aromatic nitrogens is 2. The molecule has 2 N–H and O–H groups in total. The first kappa shape index (κ1) is 13.0. The number of nitrogens with one attached hydrogen (secondary N) is 1. The summed E-state index contributed by atoms with van der Waals surface area (Å²) in [6.07, 6.45) is 1.17. The van der Waals surface area contributed by atoms with Gasteiger partial charge in [0.25, 0.3) is 0 Å². The summed E-state index contributed by atoms with van der Waals surface area (Å²) in [5.74, 6) is 1.41. The Morgan fingerprint density at radius 1 is 1.35 bits per heavy atom. The molecule has 20 heavy (non-hydrogen) atoms. The van der Waals surface area contributed by atoms with E-state index in [1.54, 1.807) is 10.9 Å². The van der Waals surface area contributed by atoms with Crippen LogP contribution in [-0.2, 0) is 13.6 Å². The number of nitrogens with zero attached hydrogens (tertiary/aromatic N) is 2. The molecule has 0 aliphatic carbocycles. The number of aliphatic hydroxyl groups is 1. The van der Waals surface area contributed by atoms with Crippen LogP contribution in [0.15, 0.2) is 30.5 Å². The molecule has 2 heterocycles. The molecule has 0 saturated heterocycles. The molecule has 0 bridgehead atoms. The lowest BCUT2D eigenvalue weighted by molar-refractivity contribution is 0.170. The fraction of sp³-hybridized carbons (Fsp3) is 0.357. The molecule has 3 rings (SSSR count). The van der Waals surface area contributed by atoms with Gasteiger partial charge in [0.1, 0.15) is 0 Å². The van der Waals surface area contributed by atoms with Gasteiger partial charge in [-0.15, -0.1) is 0 Å². The lowest BCUT2D eigenvalue weighted by Gasteiger charge is -2.13. The van der Waals surface area contributed by atoms with E-state index in [1.165, 1.54) is 0 Å². The van der Waals surface area contributed by atoms with Gasteiger partial charge in [-0.3, -0.25) is 4.68 Å². The van der Waals surface area contributed by atoms with Gasteiger partial charge in [0.05, 0.1) is 11.8 Å². The van der Waals surface area contributed by atoms with Crippen LogP contribution in [0.5, 0.6) is 11.5 Å². The van der Waals surface area contributed by atoms with E-state index in [9.17, 15) is 5.11 Å². The zero-order chi connectivity index (χ0) is 13.9. The molecule has 1 aromatic heterocycles. The van der Waals surface area contributed by atoms with Gasteiger partial charge in [-0.25, -0.2) is 0 Å². The zero-order valence-electron chi connectivity index (χ0n) is 11.2. The number of ether oxygens (including phenoxy) is 2.